The van der Waals surface area contributed by atoms with E-state index in [2.05, 4.69) is 0 Å². The van der Waals surface area contributed by atoms with Gasteiger partial charge < -0.3 is 16.4 Å². The number of rotatable bonds is 1. The Morgan fingerprint density at radius 2 is 2.15 bits per heavy atom. The Balaban J connectivity index is 2.56. The van der Waals surface area contributed by atoms with Crippen LogP contribution in [0.15, 0.2) is 0 Å². The van der Waals surface area contributed by atoms with Crippen molar-refractivity contribution >= 4 is 5.91 Å². The number of likely N-dealkylation sites (tertiary alicyclic amines) is 1. The van der Waals surface area contributed by atoms with Crippen molar-refractivity contribution in [2.75, 3.05) is 13.1 Å². The molecule has 1 fully saturated rings. The maximum Gasteiger partial charge on any atom is 0.242 e. The number of carbonyl (C=O) groups excluding carboxylic acids is 1. The van der Waals surface area contributed by atoms with E-state index in [1.54, 1.807) is 18.7 Å². The lowest BCUT2D eigenvalue weighted by Gasteiger charge is -2.34. The maximum absolute atomic E-state index is 11.7. The molecule has 0 aromatic heterocycles. The van der Waals surface area contributed by atoms with Crippen LogP contribution in [0.25, 0.3) is 0 Å². The minimum absolute atomic E-state index is 0.00245. The van der Waals surface area contributed by atoms with Gasteiger partial charge in [0, 0.05) is 19.1 Å². The Kier molecular flexibility index (Phi) is 2.93. The molecule has 1 rings (SSSR count). The minimum Gasteiger partial charge on any atom is -0.340 e. The van der Waals surface area contributed by atoms with Gasteiger partial charge in [-0.3, -0.25) is 4.79 Å². The van der Waals surface area contributed by atoms with Gasteiger partial charge in [0.2, 0.25) is 5.91 Å². The van der Waals surface area contributed by atoms with E-state index in [1.165, 1.54) is 0 Å². The smallest absolute Gasteiger partial charge is 0.242 e. The average Bonchev–Trinajstić information content (AvgIpc) is 2.01. The van der Waals surface area contributed by atoms with Crippen molar-refractivity contribution in [3.8, 4) is 0 Å². The fraction of sp³-hybridized carbons (Fsp3) is 0.889. The molecule has 0 saturated carbocycles. The Hall–Kier alpha value is -0.610. The summed E-state index contributed by atoms with van der Waals surface area (Å²) in [4.78, 5) is 13.5. The lowest BCUT2D eigenvalue weighted by molar-refractivity contribution is -0.137. The molecule has 4 nitrogen and oxygen atoms in total. The number of nitrogens with zero attached hydrogens (tertiary/aromatic N) is 1. The van der Waals surface area contributed by atoms with Gasteiger partial charge in [-0.15, -0.1) is 0 Å². The molecule has 1 saturated heterocycles. The van der Waals surface area contributed by atoms with Crippen LogP contribution in [-0.4, -0.2) is 35.5 Å². The van der Waals surface area contributed by atoms with Crippen molar-refractivity contribution in [2.24, 2.45) is 11.5 Å². The molecule has 0 aliphatic carbocycles. The highest BCUT2D eigenvalue weighted by Gasteiger charge is 2.30. The summed E-state index contributed by atoms with van der Waals surface area (Å²) in [6, 6.07) is 0.125. The lowest BCUT2D eigenvalue weighted by Crippen LogP contribution is -2.55. The summed E-state index contributed by atoms with van der Waals surface area (Å²) in [7, 11) is 0. The quantitative estimate of drug-likeness (QED) is 0.587. The topological polar surface area (TPSA) is 72.4 Å². The van der Waals surface area contributed by atoms with Crippen molar-refractivity contribution in [2.45, 2.75) is 38.3 Å². The van der Waals surface area contributed by atoms with Crippen LogP contribution in [0.3, 0.4) is 0 Å². The zero-order valence-corrected chi connectivity index (χ0v) is 8.42. The highest BCUT2D eigenvalue weighted by atomic mass is 16.2. The Morgan fingerprint density at radius 3 is 2.62 bits per heavy atom. The second-order valence-electron chi connectivity index (χ2n) is 4.38. The maximum atomic E-state index is 11.7. The predicted molar refractivity (Wildman–Crippen MR) is 52.1 cm³/mol. The van der Waals surface area contributed by atoms with Crippen LogP contribution < -0.4 is 11.5 Å². The van der Waals surface area contributed by atoms with Gasteiger partial charge in [0.1, 0.15) is 0 Å². The number of carbonyl (C=O) groups is 1. The third kappa shape index (κ3) is 2.67. The standard InChI is InChI=1S/C9H19N3O/c1-9(2,11)8(13)12-5-3-4-7(10)6-12/h7H,3-6,10-11H2,1-2H3/t7-/m1/s1. The number of nitrogens with two attached hydrogens (primary N) is 2. The first-order valence-electron chi connectivity index (χ1n) is 4.75. The van der Waals surface area contributed by atoms with Crippen molar-refractivity contribution in [3.05, 3.63) is 0 Å². The van der Waals surface area contributed by atoms with Crippen LogP contribution in [0.5, 0.6) is 0 Å². The fourth-order valence-corrected chi connectivity index (χ4v) is 1.60. The summed E-state index contributed by atoms with van der Waals surface area (Å²) in [6.07, 6.45) is 2.00. The Labute approximate surface area is 79.3 Å². The first-order valence-corrected chi connectivity index (χ1v) is 4.75. The second-order valence-corrected chi connectivity index (χ2v) is 4.38. The molecular formula is C9H19N3O. The molecule has 1 amide bonds. The van der Waals surface area contributed by atoms with E-state index >= 15 is 0 Å². The molecule has 13 heavy (non-hydrogen) atoms. The first kappa shape index (κ1) is 10.5. The summed E-state index contributed by atoms with van der Waals surface area (Å²) >= 11 is 0. The van der Waals surface area contributed by atoms with Crippen molar-refractivity contribution < 1.29 is 4.79 Å². The summed E-state index contributed by atoms with van der Waals surface area (Å²) < 4.78 is 0. The van der Waals surface area contributed by atoms with E-state index in [0.717, 1.165) is 19.4 Å². The van der Waals surface area contributed by atoms with Crippen LogP contribution >= 0.6 is 0 Å². The molecule has 1 heterocycles. The minimum atomic E-state index is -0.767. The molecule has 0 aromatic carbocycles. The molecule has 0 bridgehead atoms. The van der Waals surface area contributed by atoms with Gasteiger partial charge in [-0.05, 0) is 26.7 Å². The highest BCUT2D eigenvalue weighted by Crippen LogP contribution is 2.12. The van der Waals surface area contributed by atoms with E-state index in [1.807, 2.05) is 0 Å². The van der Waals surface area contributed by atoms with Crippen molar-refractivity contribution in [1.29, 1.82) is 0 Å². The molecule has 0 radical (unpaired) electrons. The van der Waals surface area contributed by atoms with Gasteiger partial charge >= 0.3 is 0 Å². The van der Waals surface area contributed by atoms with Crippen molar-refractivity contribution in [1.82, 2.24) is 4.90 Å². The van der Waals surface area contributed by atoms with Gasteiger partial charge in [0.15, 0.2) is 0 Å². The Bertz CT molecular complexity index is 198. The molecule has 4 N–H and O–H groups in total. The molecular weight excluding hydrogens is 166 g/mol. The third-order valence-electron chi connectivity index (χ3n) is 2.30. The van der Waals surface area contributed by atoms with Crippen LogP contribution in [-0.2, 0) is 4.79 Å². The fourth-order valence-electron chi connectivity index (χ4n) is 1.60. The first-order chi connectivity index (χ1) is 5.91. The summed E-state index contributed by atoms with van der Waals surface area (Å²) in [5, 5.41) is 0. The molecule has 1 atom stereocenters. The molecule has 0 unspecified atom stereocenters. The average molecular weight is 185 g/mol. The van der Waals surface area contributed by atoms with E-state index in [-0.39, 0.29) is 11.9 Å². The zero-order chi connectivity index (χ0) is 10.1. The third-order valence-corrected chi connectivity index (χ3v) is 2.30. The molecule has 76 valence electrons. The van der Waals surface area contributed by atoms with Gasteiger partial charge in [0.25, 0.3) is 0 Å². The Morgan fingerprint density at radius 1 is 1.54 bits per heavy atom. The SMILES string of the molecule is CC(C)(N)C(=O)N1CCC[C@@H](N)C1. The number of piperidine rings is 1. The number of hydrogen-bond donors (Lipinski definition) is 2. The number of amides is 1. The second kappa shape index (κ2) is 3.64. The van der Waals surface area contributed by atoms with Crippen LogP contribution in [0, 0.1) is 0 Å². The van der Waals surface area contributed by atoms with E-state index < -0.39 is 5.54 Å². The van der Waals surface area contributed by atoms with Crippen LogP contribution in [0.2, 0.25) is 0 Å². The molecule has 0 aromatic rings. The summed E-state index contributed by atoms with van der Waals surface area (Å²) in [6.45, 7) is 4.91. The van der Waals surface area contributed by atoms with Gasteiger partial charge in [-0.1, -0.05) is 0 Å². The van der Waals surface area contributed by atoms with E-state index in [0.29, 0.717) is 6.54 Å². The monoisotopic (exact) mass is 185 g/mol. The van der Waals surface area contributed by atoms with Crippen molar-refractivity contribution in [3.63, 3.8) is 0 Å². The number of hydrogen-bond acceptors (Lipinski definition) is 3. The van der Waals surface area contributed by atoms with Gasteiger partial charge in [0.05, 0.1) is 5.54 Å². The van der Waals surface area contributed by atoms with Gasteiger partial charge in [-0.2, -0.15) is 0 Å². The van der Waals surface area contributed by atoms with E-state index in [4.69, 9.17) is 11.5 Å². The molecule has 4 heteroatoms. The van der Waals surface area contributed by atoms with Gasteiger partial charge in [-0.25, -0.2) is 0 Å². The zero-order valence-electron chi connectivity index (χ0n) is 8.42. The van der Waals surface area contributed by atoms with Crippen LogP contribution in [0.4, 0.5) is 0 Å². The lowest BCUT2D eigenvalue weighted by atomic mass is 10.0. The molecule has 1 aliphatic heterocycles. The normalized spacial score (nSPS) is 24.6. The summed E-state index contributed by atoms with van der Waals surface area (Å²) in [5.74, 6) is 0.00245. The molecule has 1 aliphatic rings. The van der Waals surface area contributed by atoms with Crippen LogP contribution in [0.1, 0.15) is 26.7 Å². The molecule has 0 spiro atoms. The van der Waals surface area contributed by atoms with E-state index in [9.17, 15) is 4.79 Å². The predicted octanol–water partition coefficient (Wildman–Crippen LogP) is -0.327. The summed E-state index contributed by atoms with van der Waals surface area (Å²) in [5.41, 5.74) is 10.7. The largest absolute Gasteiger partial charge is 0.340 e. The highest BCUT2D eigenvalue weighted by molar-refractivity contribution is 5.85.